The third kappa shape index (κ3) is 3.56. The molecule has 2 fully saturated rings. The van der Waals surface area contributed by atoms with Crippen LogP contribution in [-0.4, -0.2) is 40.2 Å². The Morgan fingerprint density at radius 1 is 0.964 bits per heavy atom. The first-order chi connectivity index (χ1) is 13.6. The second-order valence-corrected chi connectivity index (χ2v) is 8.15. The summed E-state index contributed by atoms with van der Waals surface area (Å²) in [6.07, 6.45) is 3.29. The van der Waals surface area contributed by atoms with Crippen LogP contribution in [0.4, 0.5) is 0 Å². The number of benzene rings is 2. The molecule has 1 spiro atoms. The van der Waals surface area contributed by atoms with Gasteiger partial charge in [0.25, 0.3) is 0 Å². The van der Waals surface area contributed by atoms with Gasteiger partial charge in [0.05, 0.1) is 5.92 Å². The Kier molecular flexibility index (Phi) is 5.21. The van der Waals surface area contributed by atoms with Crippen molar-refractivity contribution in [3.8, 4) is 0 Å². The van der Waals surface area contributed by atoms with Crippen molar-refractivity contribution in [3.05, 3.63) is 71.8 Å². The van der Waals surface area contributed by atoms with Gasteiger partial charge in [0.1, 0.15) is 0 Å². The van der Waals surface area contributed by atoms with E-state index in [0.717, 1.165) is 37.9 Å². The van der Waals surface area contributed by atoms with E-state index >= 15 is 0 Å². The summed E-state index contributed by atoms with van der Waals surface area (Å²) in [5.41, 5.74) is 2.16. The van der Waals surface area contributed by atoms with E-state index in [0.29, 0.717) is 13.0 Å². The third-order valence-electron chi connectivity index (χ3n) is 6.54. The first-order valence-electron chi connectivity index (χ1n) is 10.3. The van der Waals surface area contributed by atoms with Crippen LogP contribution in [0, 0.1) is 0 Å². The zero-order valence-corrected chi connectivity index (χ0v) is 16.5. The van der Waals surface area contributed by atoms with Gasteiger partial charge in [-0.25, -0.2) is 0 Å². The predicted octanol–water partition coefficient (Wildman–Crippen LogP) is 3.97. The molecular formula is C24H28N2O2. The van der Waals surface area contributed by atoms with E-state index in [2.05, 4.69) is 17.0 Å². The highest BCUT2D eigenvalue weighted by Gasteiger charge is 2.47. The van der Waals surface area contributed by atoms with Gasteiger partial charge in [-0.3, -0.25) is 9.59 Å². The van der Waals surface area contributed by atoms with Crippen LogP contribution >= 0.6 is 0 Å². The number of rotatable bonds is 4. The van der Waals surface area contributed by atoms with E-state index in [4.69, 9.17) is 0 Å². The topological polar surface area (TPSA) is 40.6 Å². The van der Waals surface area contributed by atoms with E-state index in [1.807, 2.05) is 60.4 Å². The van der Waals surface area contributed by atoms with Gasteiger partial charge >= 0.3 is 0 Å². The fraction of sp³-hybridized carbons (Fsp3) is 0.417. The Hall–Kier alpha value is -2.62. The molecule has 28 heavy (non-hydrogen) atoms. The highest BCUT2D eigenvalue weighted by atomic mass is 16.2. The summed E-state index contributed by atoms with van der Waals surface area (Å²) in [6.45, 7) is 4.13. The Bertz CT molecular complexity index is 826. The average Bonchev–Trinajstić information content (AvgIpc) is 3.04. The number of likely N-dealkylation sites (tertiary alicyclic amines) is 2. The lowest BCUT2D eigenvalue weighted by Gasteiger charge is -2.45. The summed E-state index contributed by atoms with van der Waals surface area (Å²) in [6, 6.07) is 20.2. The van der Waals surface area contributed by atoms with E-state index in [9.17, 15) is 9.59 Å². The quantitative estimate of drug-likeness (QED) is 0.810. The van der Waals surface area contributed by atoms with Crippen LogP contribution in [0.25, 0.3) is 0 Å². The molecule has 0 aliphatic carbocycles. The van der Waals surface area contributed by atoms with Crippen LogP contribution in [0.3, 0.4) is 0 Å². The van der Waals surface area contributed by atoms with Crippen molar-refractivity contribution in [2.45, 2.75) is 50.6 Å². The molecular weight excluding hydrogens is 348 g/mol. The van der Waals surface area contributed by atoms with E-state index in [1.165, 1.54) is 5.56 Å². The molecule has 2 heterocycles. The van der Waals surface area contributed by atoms with Gasteiger partial charge in [0, 0.05) is 31.6 Å². The summed E-state index contributed by atoms with van der Waals surface area (Å²) in [5.74, 6) is 0.321. The molecule has 1 atom stereocenters. The molecule has 0 N–H and O–H groups in total. The molecule has 2 aliphatic rings. The lowest BCUT2D eigenvalue weighted by Crippen LogP contribution is -2.54. The summed E-state index contributed by atoms with van der Waals surface area (Å²) in [7, 11) is 0. The Labute approximate surface area is 167 Å². The van der Waals surface area contributed by atoms with Crippen molar-refractivity contribution in [2.24, 2.45) is 0 Å². The molecule has 0 aromatic heterocycles. The highest BCUT2D eigenvalue weighted by molar-refractivity contribution is 5.84. The molecule has 0 bridgehead atoms. The van der Waals surface area contributed by atoms with Crippen LogP contribution in [0.15, 0.2) is 60.7 Å². The van der Waals surface area contributed by atoms with Crippen LogP contribution in [-0.2, 0) is 16.1 Å². The Morgan fingerprint density at radius 3 is 2.21 bits per heavy atom. The van der Waals surface area contributed by atoms with E-state index < -0.39 is 0 Å². The molecule has 4 rings (SSSR count). The average molecular weight is 377 g/mol. The number of hydrogen-bond acceptors (Lipinski definition) is 2. The number of carbonyl (C=O) groups is 2. The van der Waals surface area contributed by atoms with E-state index in [1.54, 1.807) is 0 Å². The summed E-state index contributed by atoms with van der Waals surface area (Å²) >= 11 is 0. The van der Waals surface area contributed by atoms with Crippen molar-refractivity contribution >= 4 is 11.8 Å². The summed E-state index contributed by atoms with van der Waals surface area (Å²) < 4.78 is 0. The molecule has 2 aromatic carbocycles. The van der Waals surface area contributed by atoms with E-state index in [-0.39, 0.29) is 23.3 Å². The smallest absolute Gasteiger partial charge is 0.229 e. The van der Waals surface area contributed by atoms with Gasteiger partial charge in [-0.2, -0.15) is 0 Å². The lowest BCUT2D eigenvalue weighted by atomic mass is 9.84. The second-order valence-electron chi connectivity index (χ2n) is 8.15. The van der Waals surface area contributed by atoms with Gasteiger partial charge in [-0.15, -0.1) is 0 Å². The fourth-order valence-electron chi connectivity index (χ4n) is 4.72. The fourth-order valence-corrected chi connectivity index (χ4v) is 4.72. The normalized spacial score (nSPS) is 19.8. The molecule has 1 unspecified atom stereocenters. The zero-order valence-electron chi connectivity index (χ0n) is 16.5. The molecule has 2 saturated heterocycles. The standard InChI is InChI=1S/C24H28N2O2/c1-19(21-10-6-3-7-11-21)23(28)25-16-14-24(15-17-25)13-12-22(27)26(24)18-20-8-4-2-5-9-20/h2-11,19H,12-18H2,1H3. The van der Waals surface area contributed by atoms with Gasteiger partial charge in [0.15, 0.2) is 0 Å². The predicted molar refractivity (Wildman–Crippen MR) is 110 cm³/mol. The Morgan fingerprint density at radius 2 is 1.57 bits per heavy atom. The monoisotopic (exact) mass is 376 g/mol. The maximum atomic E-state index is 13.0. The zero-order chi connectivity index (χ0) is 19.6. The Balaban J connectivity index is 1.43. The molecule has 2 aliphatic heterocycles. The van der Waals surface area contributed by atoms with Crippen LogP contribution in [0.1, 0.15) is 49.7 Å². The van der Waals surface area contributed by atoms with Gasteiger partial charge in [0.2, 0.25) is 11.8 Å². The van der Waals surface area contributed by atoms with Crippen molar-refractivity contribution in [3.63, 3.8) is 0 Å². The third-order valence-corrected chi connectivity index (χ3v) is 6.54. The number of piperidine rings is 1. The SMILES string of the molecule is CC(C(=O)N1CCC2(CCC(=O)N2Cc2ccccc2)CC1)c1ccccc1. The van der Waals surface area contributed by atoms with Gasteiger partial charge < -0.3 is 9.80 Å². The lowest BCUT2D eigenvalue weighted by molar-refractivity contribution is -0.137. The second kappa shape index (κ2) is 7.78. The molecule has 2 amide bonds. The minimum atomic E-state index is -0.124. The molecule has 0 radical (unpaired) electrons. The summed E-state index contributed by atoms with van der Waals surface area (Å²) in [5, 5.41) is 0. The molecule has 2 aromatic rings. The van der Waals surface area contributed by atoms with Crippen molar-refractivity contribution in [1.29, 1.82) is 0 Å². The summed E-state index contributed by atoms with van der Waals surface area (Å²) in [4.78, 5) is 29.7. The molecule has 4 nitrogen and oxygen atoms in total. The van der Waals surface area contributed by atoms with Crippen molar-refractivity contribution in [2.75, 3.05) is 13.1 Å². The van der Waals surface area contributed by atoms with Crippen molar-refractivity contribution < 1.29 is 9.59 Å². The number of nitrogens with zero attached hydrogens (tertiary/aromatic N) is 2. The first-order valence-corrected chi connectivity index (χ1v) is 10.3. The largest absolute Gasteiger partial charge is 0.342 e. The van der Waals surface area contributed by atoms with Crippen LogP contribution < -0.4 is 0 Å². The minimum absolute atomic E-state index is 0.0836. The first kappa shape index (κ1) is 18.7. The number of carbonyl (C=O) groups excluding carboxylic acids is 2. The molecule has 4 heteroatoms. The molecule has 146 valence electrons. The highest BCUT2D eigenvalue weighted by Crippen LogP contribution is 2.40. The maximum Gasteiger partial charge on any atom is 0.229 e. The van der Waals surface area contributed by atoms with Crippen molar-refractivity contribution in [1.82, 2.24) is 9.80 Å². The number of amides is 2. The molecule has 0 saturated carbocycles. The van der Waals surface area contributed by atoms with Gasteiger partial charge in [-0.1, -0.05) is 60.7 Å². The van der Waals surface area contributed by atoms with Crippen LogP contribution in [0.5, 0.6) is 0 Å². The van der Waals surface area contributed by atoms with Gasteiger partial charge in [-0.05, 0) is 37.3 Å². The van der Waals surface area contributed by atoms with Crippen LogP contribution in [0.2, 0.25) is 0 Å². The maximum absolute atomic E-state index is 13.0. The minimum Gasteiger partial charge on any atom is -0.342 e. The number of hydrogen-bond donors (Lipinski definition) is 0.